The number of amides is 1. The lowest BCUT2D eigenvalue weighted by molar-refractivity contribution is -0.155. The molecule has 0 spiro atoms. The number of benzene rings is 1. The summed E-state index contributed by atoms with van der Waals surface area (Å²) in [4.78, 5) is 27.0. The number of ether oxygens (including phenoxy) is 3. The minimum Gasteiger partial charge on any atom is -0.467 e. The van der Waals surface area contributed by atoms with Crippen LogP contribution in [-0.2, 0) is 25.6 Å². The Bertz CT molecular complexity index is 759. The number of hydrogen-bond acceptors (Lipinski definition) is 5. The average molecular weight is 422 g/mol. The molecule has 2 atom stereocenters. The van der Waals surface area contributed by atoms with Gasteiger partial charge >= 0.3 is 12.1 Å². The van der Waals surface area contributed by atoms with Gasteiger partial charge in [-0.25, -0.2) is 14.0 Å². The van der Waals surface area contributed by atoms with E-state index in [1.54, 1.807) is 20.8 Å². The van der Waals surface area contributed by atoms with Crippen molar-refractivity contribution in [3.05, 3.63) is 35.9 Å². The van der Waals surface area contributed by atoms with Crippen molar-refractivity contribution in [2.24, 2.45) is 5.41 Å². The van der Waals surface area contributed by atoms with Gasteiger partial charge in [0.1, 0.15) is 17.3 Å². The number of halogens is 1. The average Bonchev–Trinajstić information content (AvgIpc) is 3.34. The van der Waals surface area contributed by atoms with Crippen LogP contribution >= 0.6 is 0 Å². The molecule has 1 saturated heterocycles. The van der Waals surface area contributed by atoms with E-state index < -0.39 is 29.4 Å². The van der Waals surface area contributed by atoms with Crippen molar-refractivity contribution in [2.75, 3.05) is 20.3 Å². The van der Waals surface area contributed by atoms with Crippen LogP contribution < -0.4 is 0 Å². The summed E-state index contributed by atoms with van der Waals surface area (Å²) in [6.07, 6.45) is -0.0496. The summed E-state index contributed by atoms with van der Waals surface area (Å²) in [5, 5.41) is 0. The van der Waals surface area contributed by atoms with Gasteiger partial charge in [0, 0.05) is 6.42 Å². The largest absolute Gasteiger partial charge is 0.467 e. The summed E-state index contributed by atoms with van der Waals surface area (Å²) in [7, 11) is 1.27. The molecule has 0 radical (unpaired) electrons. The zero-order valence-corrected chi connectivity index (χ0v) is 18.3. The van der Waals surface area contributed by atoms with Crippen molar-refractivity contribution in [3.63, 3.8) is 0 Å². The molecular formula is C23H32FNO5. The summed E-state index contributed by atoms with van der Waals surface area (Å²) in [6.45, 7) is 5.97. The van der Waals surface area contributed by atoms with Gasteiger partial charge in [0.25, 0.3) is 0 Å². The van der Waals surface area contributed by atoms with Crippen LogP contribution in [0.4, 0.5) is 9.18 Å². The number of carbonyl (C=O) groups excluding carboxylic acids is 2. The van der Waals surface area contributed by atoms with E-state index in [4.69, 9.17) is 14.2 Å². The van der Waals surface area contributed by atoms with E-state index in [9.17, 15) is 14.0 Å². The summed E-state index contributed by atoms with van der Waals surface area (Å²) in [6, 6.07) is 9.84. The molecule has 6 nitrogen and oxygen atoms in total. The molecule has 0 N–H and O–H groups in total. The SMILES string of the molecule is COC(=O)[C@@]1(CC2(COCc3ccccc3)CC2)C[C@@H](F)CN1C(=O)OC(C)(C)C. The monoisotopic (exact) mass is 421 g/mol. The normalized spacial score (nSPS) is 25.1. The molecule has 0 unspecified atom stereocenters. The Morgan fingerprint density at radius 1 is 1.20 bits per heavy atom. The molecule has 166 valence electrons. The first-order valence-corrected chi connectivity index (χ1v) is 10.4. The van der Waals surface area contributed by atoms with Gasteiger partial charge in [-0.05, 0) is 51.0 Å². The fraction of sp³-hybridized carbons (Fsp3) is 0.652. The highest BCUT2D eigenvalue weighted by molar-refractivity contribution is 5.87. The Labute approximate surface area is 177 Å². The molecule has 1 aromatic rings. The van der Waals surface area contributed by atoms with E-state index in [2.05, 4.69) is 0 Å². The predicted molar refractivity (Wildman–Crippen MR) is 110 cm³/mol. The van der Waals surface area contributed by atoms with Crippen LogP contribution in [0.2, 0.25) is 0 Å². The van der Waals surface area contributed by atoms with Crippen molar-refractivity contribution in [1.29, 1.82) is 0 Å². The first-order chi connectivity index (χ1) is 14.1. The molecule has 2 fully saturated rings. The molecule has 0 aromatic heterocycles. The molecule has 1 aliphatic heterocycles. The van der Waals surface area contributed by atoms with E-state index in [0.717, 1.165) is 18.4 Å². The van der Waals surface area contributed by atoms with E-state index in [1.165, 1.54) is 12.0 Å². The van der Waals surface area contributed by atoms with Crippen LogP contribution in [0, 0.1) is 5.41 Å². The van der Waals surface area contributed by atoms with Crippen molar-refractivity contribution in [3.8, 4) is 0 Å². The third-order valence-corrected chi connectivity index (χ3v) is 5.78. The molecule has 1 heterocycles. The highest BCUT2D eigenvalue weighted by Gasteiger charge is 2.61. The first-order valence-electron chi connectivity index (χ1n) is 10.4. The zero-order valence-electron chi connectivity index (χ0n) is 18.3. The number of esters is 1. The third kappa shape index (κ3) is 5.12. The second kappa shape index (κ2) is 8.53. The van der Waals surface area contributed by atoms with Gasteiger partial charge in [0.2, 0.25) is 0 Å². The second-order valence-electron chi connectivity index (χ2n) is 9.57. The number of methoxy groups -OCH3 is 1. The van der Waals surface area contributed by atoms with Crippen LogP contribution in [0.25, 0.3) is 0 Å². The number of rotatable bonds is 7. The zero-order chi connectivity index (χ0) is 22.0. The molecule has 7 heteroatoms. The van der Waals surface area contributed by atoms with Crippen LogP contribution in [-0.4, -0.2) is 54.5 Å². The number of nitrogens with zero attached hydrogens (tertiary/aromatic N) is 1. The minimum absolute atomic E-state index is 0.0840. The minimum atomic E-state index is -1.37. The highest BCUT2D eigenvalue weighted by atomic mass is 19.1. The van der Waals surface area contributed by atoms with E-state index >= 15 is 0 Å². The summed E-state index contributed by atoms with van der Waals surface area (Å²) < 4.78 is 31.0. The Morgan fingerprint density at radius 3 is 2.43 bits per heavy atom. The predicted octanol–water partition coefficient (Wildman–Crippen LogP) is 4.26. The van der Waals surface area contributed by atoms with Crippen LogP contribution in [0.1, 0.15) is 52.0 Å². The van der Waals surface area contributed by atoms with Crippen LogP contribution in [0.15, 0.2) is 30.3 Å². The Hall–Kier alpha value is -2.15. The standard InChI is InChI=1S/C23H32FNO5/c1-21(2,3)30-20(27)25-13-18(24)12-23(25,19(26)28-4)15-22(10-11-22)16-29-14-17-8-6-5-7-9-17/h5-9,18H,10-16H2,1-4H3/t18-,23+/m1/s1. The summed E-state index contributed by atoms with van der Waals surface area (Å²) in [5.41, 5.74) is -1.32. The van der Waals surface area contributed by atoms with Gasteiger partial charge in [-0.3, -0.25) is 4.90 Å². The highest BCUT2D eigenvalue weighted by Crippen LogP contribution is 2.55. The van der Waals surface area contributed by atoms with Gasteiger partial charge in [-0.2, -0.15) is 0 Å². The van der Waals surface area contributed by atoms with E-state index in [-0.39, 0.29) is 18.4 Å². The van der Waals surface area contributed by atoms with E-state index in [1.807, 2.05) is 30.3 Å². The lowest BCUT2D eigenvalue weighted by Gasteiger charge is -2.38. The molecule has 2 aliphatic rings. The summed E-state index contributed by atoms with van der Waals surface area (Å²) >= 11 is 0. The maximum Gasteiger partial charge on any atom is 0.411 e. The Balaban J connectivity index is 1.75. The Kier molecular flexibility index (Phi) is 6.41. The maximum atomic E-state index is 14.5. The molecule has 1 aliphatic carbocycles. The second-order valence-corrected chi connectivity index (χ2v) is 9.57. The molecule has 0 bridgehead atoms. The number of alkyl halides is 1. The van der Waals surface area contributed by atoms with E-state index in [0.29, 0.717) is 19.6 Å². The van der Waals surface area contributed by atoms with Gasteiger partial charge < -0.3 is 14.2 Å². The van der Waals surface area contributed by atoms with Gasteiger partial charge in [-0.1, -0.05) is 30.3 Å². The van der Waals surface area contributed by atoms with Gasteiger partial charge in [0.15, 0.2) is 0 Å². The molecule has 1 saturated carbocycles. The molecule has 30 heavy (non-hydrogen) atoms. The maximum absolute atomic E-state index is 14.5. The lowest BCUT2D eigenvalue weighted by Crippen LogP contribution is -2.56. The van der Waals surface area contributed by atoms with Crippen molar-refractivity contribution < 1.29 is 28.2 Å². The smallest absolute Gasteiger partial charge is 0.411 e. The van der Waals surface area contributed by atoms with Crippen LogP contribution in [0.3, 0.4) is 0 Å². The number of likely N-dealkylation sites (tertiary alicyclic amines) is 1. The molecule has 3 rings (SSSR count). The third-order valence-electron chi connectivity index (χ3n) is 5.78. The fourth-order valence-corrected chi connectivity index (χ4v) is 4.23. The fourth-order valence-electron chi connectivity index (χ4n) is 4.23. The molecule has 1 aromatic carbocycles. The molecule has 1 amide bonds. The van der Waals surface area contributed by atoms with Gasteiger partial charge in [-0.15, -0.1) is 0 Å². The van der Waals surface area contributed by atoms with Crippen molar-refractivity contribution in [2.45, 2.75) is 70.4 Å². The number of carbonyl (C=O) groups is 2. The lowest BCUT2D eigenvalue weighted by atomic mass is 9.83. The van der Waals surface area contributed by atoms with Crippen molar-refractivity contribution in [1.82, 2.24) is 4.90 Å². The van der Waals surface area contributed by atoms with Crippen molar-refractivity contribution >= 4 is 12.1 Å². The number of hydrogen-bond donors (Lipinski definition) is 0. The topological polar surface area (TPSA) is 65.1 Å². The van der Waals surface area contributed by atoms with Crippen LogP contribution in [0.5, 0.6) is 0 Å². The summed E-state index contributed by atoms with van der Waals surface area (Å²) in [5.74, 6) is -0.595. The molecular weight excluding hydrogens is 389 g/mol. The quantitative estimate of drug-likeness (QED) is 0.616. The Morgan fingerprint density at radius 2 is 1.87 bits per heavy atom. The van der Waals surface area contributed by atoms with Gasteiger partial charge in [0.05, 0.1) is 26.9 Å². The first kappa shape index (κ1) is 22.5.